The van der Waals surface area contributed by atoms with Gasteiger partial charge in [-0.2, -0.15) is 0 Å². The van der Waals surface area contributed by atoms with E-state index in [0.717, 1.165) is 22.0 Å². The largest absolute Gasteiger partial charge is 0.445 e. The lowest BCUT2D eigenvalue weighted by molar-refractivity contribution is -0.136. The zero-order chi connectivity index (χ0) is 24.1. The third-order valence-corrected chi connectivity index (χ3v) is 6.09. The van der Waals surface area contributed by atoms with Gasteiger partial charge in [0.15, 0.2) is 5.75 Å². The molecule has 0 fully saturated rings. The minimum absolute atomic E-state index is 0.0319. The van der Waals surface area contributed by atoms with Gasteiger partial charge in [0.2, 0.25) is 0 Å². The highest BCUT2D eigenvalue weighted by Crippen LogP contribution is 2.34. The van der Waals surface area contributed by atoms with Gasteiger partial charge in [-0.05, 0) is 23.3 Å². The number of amides is 1. The Morgan fingerprint density at radius 1 is 0.912 bits per heavy atom. The van der Waals surface area contributed by atoms with Gasteiger partial charge in [-0.3, -0.25) is 0 Å². The number of hydrogen-bond acceptors (Lipinski definition) is 4. The van der Waals surface area contributed by atoms with Crippen molar-refractivity contribution < 1.29 is 19.1 Å². The number of halogens is 3. The fourth-order valence-electron chi connectivity index (χ4n) is 3.38. The van der Waals surface area contributed by atoms with E-state index in [1.807, 2.05) is 54.6 Å². The number of fused-ring (bicyclic) bond motifs is 1. The molecule has 4 aromatic rings. The van der Waals surface area contributed by atoms with Crippen LogP contribution in [-0.2, 0) is 22.6 Å². The molecule has 2 N–H and O–H groups in total. The maximum atomic E-state index is 13.1. The maximum absolute atomic E-state index is 13.1. The molecule has 9 heteroatoms. The average Bonchev–Trinajstić information content (AvgIpc) is 3.24. The van der Waals surface area contributed by atoms with Crippen LogP contribution in [0.25, 0.3) is 10.9 Å². The van der Waals surface area contributed by atoms with Gasteiger partial charge in [-0.15, -0.1) is 0 Å². The number of esters is 1. The summed E-state index contributed by atoms with van der Waals surface area (Å²) < 4.78 is 10.8. The van der Waals surface area contributed by atoms with Gasteiger partial charge in [-0.25, -0.2) is 9.59 Å². The van der Waals surface area contributed by atoms with Gasteiger partial charge in [0.05, 0.1) is 15.1 Å². The van der Waals surface area contributed by atoms with Crippen molar-refractivity contribution in [3.8, 4) is 5.75 Å². The van der Waals surface area contributed by atoms with E-state index in [0.29, 0.717) is 0 Å². The molecule has 0 radical (unpaired) electrons. The van der Waals surface area contributed by atoms with Gasteiger partial charge < -0.3 is 19.8 Å². The molecular formula is C25H19Cl3N2O4. The lowest BCUT2D eigenvalue weighted by Crippen LogP contribution is -2.44. The topological polar surface area (TPSA) is 80.4 Å². The Kier molecular flexibility index (Phi) is 7.63. The van der Waals surface area contributed by atoms with Gasteiger partial charge >= 0.3 is 12.1 Å². The molecule has 0 bridgehead atoms. The third-order valence-electron chi connectivity index (χ3n) is 5.07. The van der Waals surface area contributed by atoms with Crippen molar-refractivity contribution in [1.29, 1.82) is 0 Å². The van der Waals surface area contributed by atoms with Crippen LogP contribution >= 0.6 is 34.8 Å². The number of hydrogen-bond donors (Lipinski definition) is 2. The van der Waals surface area contributed by atoms with Crippen LogP contribution in [0.15, 0.2) is 72.9 Å². The second kappa shape index (κ2) is 10.8. The highest BCUT2D eigenvalue weighted by molar-refractivity contribution is 6.43. The first kappa shape index (κ1) is 24.0. The third kappa shape index (κ3) is 5.83. The summed E-state index contributed by atoms with van der Waals surface area (Å²) in [5, 5.41) is 4.04. The highest BCUT2D eigenvalue weighted by Gasteiger charge is 2.26. The Hall–Kier alpha value is -3.19. The summed E-state index contributed by atoms with van der Waals surface area (Å²) in [7, 11) is 0. The standard InChI is InChI=1S/C25H19Cl3N2O4/c26-18-11-20(28)23(12-19(18)27)34-24(31)22(10-16-13-29-21-9-5-4-8-17(16)21)30-25(32)33-14-15-6-2-1-3-7-15/h1-9,11-13,22,29H,10,14H2,(H,30,32)/t22-/m0/s1. The molecule has 0 aliphatic rings. The monoisotopic (exact) mass is 516 g/mol. The quantitative estimate of drug-likeness (QED) is 0.165. The number of rotatable bonds is 7. The van der Waals surface area contributed by atoms with Crippen molar-refractivity contribution in [3.63, 3.8) is 0 Å². The Morgan fingerprint density at radius 2 is 1.62 bits per heavy atom. The number of H-pyrrole nitrogens is 1. The molecule has 1 atom stereocenters. The Balaban J connectivity index is 1.53. The molecule has 0 saturated heterocycles. The summed E-state index contributed by atoms with van der Waals surface area (Å²) >= 11 is 18.1. The molecule has 6 nitrogen and oxygen atoms in total. The fraction of sp³-hybridized carbons (Fsp3) is 0.120. The van der Waals surface area contributed by atoms with Crippen molar-refractivity contribution in [2.45, 2.75) is 19.1 Å². The second-order valence-electron chi connectivity index (χ2n) is 7.44. The van der Waals surface area contributed by atoms with Gasteiger partial charge in [0.25, 0.3) is 0 Å². The van der Waals surface area contributed by atoms with E-state index in [9.17, 15) is 9.59 Å². The Morgan fingerprint density at radius 3 is 2.41 bits per heavy atom. The van der Waals surface area contributed by atoms with Crippen LogP contribution in [0.1, 0.15) is 11.1 Å². The smallest absolute Gasteiger partial charge is 0.408 e. The highest BCUT2D eigenvalue weighted by atomic mass is 35.5. The van der Waals surface area contributed by atoms with E-state index in [4.69, 9.17) is 44.3 Å². The van der Waals surface area contributed by atoms with Crippen molar-refractivity contribution >= 4 is 57.8 Å². The number of alkyl carbamates (subject to hydrolysis) is 1. The summed E-state index contributed by atoms with van der Waals surface area (Å²) in [6.07, 6.45) is 1.18. The van der Waals surface area contributed by atoms with Crippen LogP contribution in [0.2, 0.25) is 15.1 Å². The summed E-state index contributed by atoms with van der Waals surface area (Å²) in [6, 6.07) is 18.5. The number of benzene rings is 3. The number of nitrogens with one attached hydrogen (secondary N) is 2. The average molecular weight is 518 g/mol. The number of carbonyl (C=O) groups is 2. The maximum Gasteiger partial charge on any atom is 0.408 e. The second-order valence-corrected chi connectivity index (χ2v) is 8.66. The lowest BCUT2D eigenvalue weighted by Gasteiger charge is -2.18. The molecule has 34 heavy (non-hydrogen) atoms. The normalized spacial score (nSPS) is 11.7. The van der Waals surface area contributed by atoms with Crippen LogP contribution in [0, 0.1) is 0 Å². The van der Waals surface area contributed by atoms with Crippen LogP contribution < -0.4 is 10.1 Å². The zero-order valence-electron chi connectivity index (χ0n) is 17.7. The predicted molar refractivity (Wildman–Crippen MR) is 133 cm³/mol. The van der Waals surface area contributed by atoms with Crippen LogP contribution in [0.4, 0.5) is 4.79 Å². The molecule has 0 saturated carbocycles. The van der Waals surface area contributed by atoms with E-state index < -0.39 is 18.1 Å². The molecule has 1 heterocycles. The van der Waals surface area contributed by atoms with E-state index in [-0.39, 0.29) is 33.8 Å². The SMILES string of the molecule is O=C(N[C@@H](Cc1c[nH]c2ccccc12)C(=O)Oc1cc(Cl)c(Cl)cc1Cl)OCc1ccccc1. The van der Waals surface area contributed by atoms with Gasteiger partial charge in [0.1, 0.15) is 12.6 Å². The van der Waals surface area contributed by atoms with Crippen LogP contribution in [0.3, 0.4) is 0 Å². The van der Waals surface area contributed by atoms with Crippen molar-refractivity contribution in [2.75, 3.05) is 0 Å². The van der Waals surface area contributed by atoms with E-state index >= 15 is 0 Å². The lowest BCUT2D eigenvalue weighted by atomic mass is 10.1. The van der Waals surface area contributed by atoms with Crippen molar-refractivity contribution in [3.05, 3.63) is 99.1 Å². The van der Waals surface area contributed by atoms with Crippen molar-refractivity contribution in [2.24, 2.45) is 0 Å². The zero-order valence-corrected chi connectivity index (χ0v) is 20.0. The molecule has 1 amide bonds. The summed E-state index contributed by atoms with van der Waals surface area (Å²) in [4.78, 5) is 28.8. The molecule has 3 aromatic carbocycles. The molecule has 0 unspecified atom stereocenters. The minimum atomic E-state index is -1.06. The first-order valence-corrected chi connectivity index (χ1v) is 11.4. The molecular weight excluding hydrogens is 499 g/mol. The number of carbonyl (C=O) groups excluding carboxylic acids is 2. The first-order valence-electron chi connectivity index (χ1n) is 10.3. The number of aromatic nitrogens is 1. The molecule has 0 aliphatic heterocycles. The number of ether oxygens (including phenoxy) is 2. The Labute approximate surface area is 210 Å². The van der Waals surface area contributed by atoms with E-state index in [2.05, 4.69) is 10.3 Å². The van der Waals surface area contributed by atoms with Crippen LogP contribution in [0.5, 0.6) is 5.75 Å². The van der Waals surface area contributed by atoms with Crippen molar-refractivity contribution in [1.82, 2.24) is 10.3 Å². The molecule has 174 valence electrons. The molecule has 0 spiro atoms. The number of aromatic amines is 1. The summed E-state index contributed by atoms with van der Waals surface area (Å²) in [6.45, 7) is 0.0557. The summed E-state index contributed by atoms with van der Waals surface area (Å²) in [5.41, 5.74) is 2.54. The summed E-state index contributed by atoms with van der Waals surface area (Å²) in [5.74, 6) is -0.702. The molecule has 1 aromatic heterocycles. The fourth-order valence-corrected chi connectivity index (χ4v) is 3.96. The van der Waals surface area contributed by atoms with Crippen LogP contribution in [-0.4, -0.2) is 23.1 Å². The molecule has 4 rings (SSSR count). The Bertz CT molecular complexity index is 1320. The number of para-hydroxylation sites is 1. The predicted octanol–water partition coefficient (Wildman–Crippen LogP) is 6.57. The van der Waals surface area contributed by atoms with E-state index in [1.165, 1.54) is 12.1 Å². The molecule has 0 aliphatic carbocycles. The van der Waals surface area contributed by atoms with E-state index in [1.54, 1.807) is 6.20 Å². The van der Waals surface area contributed by atoms with Gasteiger partial charge in [0, 0.05) is 29.6 Å². The minimum Gasteiger partial charge on any atom is -0.445 e. The van der Waals surface area contributed by atoms with Gasteiger partial charge in [-0.1, -0.05) is 83.3 Å². The first-order chi connectivity index (χ1) is 16.4.